The molecule has 1 aromatic rings. The third-order valence-corrected chi connectivity index (χ3v) is 3.81. The first kappa shape index (κ1) is 11.5. The molecule has 0 amide bonds. The molecule has 86 valence electrons. The van der Waals surface area contributed by atoms with Crippen LogP contribution >= 0.6 is 11.6 Å². The standard InChI is InChI=1S/C10H8ClFO3S/c11-9-4-1-6-5-7(16(12,14)15)2-3-8(6)10(9)13/h2-3,5,9H,1,4H2. The number of alkyl halides is 1. The van der Waals surface area contributed by atoms with Crippen molar-refractivity contribution < 1.29 is 17.1 Å². The van der Waals surface area contributed by atoms with Gasteiger partial charge in [0.05, 0.1) is 10.3 Å². The van der Waals surface area contributed by atoms with E-state index < -0.39 is 20.5 Å². The summed E-state index contributed by atoms with van der Waals surface area (Å²) in [6.45, 7) is 0. The average Bonchev–Trinajstić information content (AvgIpc) is 2.22. The number of halogens is 2. The number of carbonyl (C=O) groups is 1. The van der Waals surface area contributed by atoms with E-state index in [1.54, 1.807) is 0 Å². The summed E-state index contributed by atoms with van der Waals surface area (Å²) in [5, 5.41) is -0.569. The third kappa shape index (κ3) is 1.97. The van der Waals surface area contributed by atoms with Gasteiger partial charge in [-0.3, -0.25) is 4.79 Å². The highest BCUT2D eigenvalue weighted by molar-refractivity contribution is 7.86. The predicted octanol–water partition coefficient (Wildman–Crippen LogP) is 2.08. The lowest BCUT2D eigenvalue weighted by Gasteiger charge is -2.18. The van der Waals surface area contributed by atoms with Crippen molar-refractivity contribution in [3.63, 3.8) is 0 Å². The van der Waals surface area contributed by atoms with Gasteiger partial charge >= 0.3 is 10.2 Å². The van der Waals surface area contributed by atoms with Crippen molar-refractivity contribution in [3.8, 4) is 0 Å². The molecule has 1 aliphatic rings. The van der Waals surface area contributed by atoms with Crippen LogP contribution in [0.5, 0.6) is 0 Å². The molecule has 3 nitrogen and oxygen atoms in total. The second-order valence-electron chi connectivity index (χ2n) is 3.63. The van der Waals surface area contributed by atoms with Gasteiger partial charge in [0.1, 0.15) is 0 Å². The van der Waals surface area contributed by atoms with E-state index in [0.717, 1.165) is 6.07 Å². The molecular weight excluding hydrogens is 255 g/mol. The molecule has 0 saturated heterocycles. The number of aryl methyl sites for hydroxylation is 1. The number of carbonyl (C=O) groups excluding carboxylic acids is 1. The van der Waals surface area contributed by atoms with Gasteiger partial charge in [0.25, 0.3) is 0 Å². The summed E-state index contributed by atoms with van der Waals surface area (Å²) in [6, 6.07) is 3.60. The summed E-state index contributed by atoms with van der Waals surface area (Å²) in [7, 11) is -4.71. The Morgan fingerprint density at radius 3 is 2.69 bits per heavy atom. The predicted molar refractivity (Wildman–Crippen MR) is 57.0 cm³/mol. The van der Waals surface area contributed by atoms with Crippen molar-refractivity contribution in [1.29, 1.82) is 0 Å². The maximum atomic E-state index is 12.7. The number of Topliss-reactive ketones (excluding diaryl/α,β-unsaturated/α-hetero) is 1. The maximum absolute atomic E-state index is 12.7. The van der Waals surface area contributed by atoms with Crippen LogP contribution in [0.3, 0.4) is 0 Å². The van der Waals surface area contributed by atoms with E-state index in [-0.39, 0.29) is 5.78 Å². The Labute approximate surface area is 97.4 Å². The lowest BCUT2D eigenvalue weighted by atomic mass is 9.90. The molecule has 0 heterocycles. The zero-order valence-electron chi connectivity index (χ0n) is 8.11. The van der Waals surface area contributed by atoms with Crippen LogP contribution in [0.1, 0.15) is 22.3 Å². The fraction of sp³-hybridized carbons (Fsp3) is 0.300. The largest absolute Gasteiger partial charge is 0.332 e. The summed E-state index contributed by atoms with van der Waals surface area (Å²) >= 11 is 5.78. The Morgan fingerprint density at radius 2 is 2.06 bits per heavy atom. The van der Waals surface area contributed by atoms with Crippen molar-refractivity contribution in [3.05, 3.63) is 29.3 Å². The normalized spacial score (nSPS) is 20.6. The summed E-state index contributed by atoms with van der Waals surface area (Å²) in [6.07, 6.45) is 0.932. The third-order valence-electron chi connectivity index (χ3n) is 2.58. The Morgan fingerprint density at radius 1 is 1.38 bits per heavy atom. The van der Waals surface area contributed by atoms with Crippen molar-refractivity contribution in [2.45, 2.75) is 23.1 Å². The average molecular weight is 263 g/mol. The van der Waals surface area contributed by atoms with Crippen LogP contribution in [0.15, 0.2) is 23.1 Å². The molecular formula is C10H8ClFO3S. The van der Waals surface area contributed by atoms with Crippen LogP contribution < -0.4 is 0 Å². The number of ketones is 1. The molecule has 0 aliphatic heterocycles. The first-order valence-corrected chi connectivity index (χ1v) is 6.47. The number of benzene rings is 1. The maximum Gasteiger partial charge on any atom is 0.332 e. The highest BCUT2D eigenvalue weighted by Crippen LogP contribution is 2.27. The van der Waals surface area contributed by atoms with E-state index in [1.807, 2.05) is 0 Å². The van der Waals surface area contributed by atoms with Crippen LogP contribution in [0.4, 0.5) is 3.89 Å². The first-order chi connectivity index (χ1) is 7.39. The second-order valence-corrected chi connectivity index (χ2v) is 5.50. The van der Waals surface area contributed by atoms with Gasteiger partial charge in [-0.25, -0.2) is 0 Å². The van der Waals surface area contributed by atoms with Gasteiger partial charge in [0, 0.05) is 5.56 Å². The molecule has 0 fully saturated rings. The monoisotopic (exact) mass is 262 g/mol. The number of hydrogen-bond acceptors (Lipinski definition) is 3. The second kappa shape index (κ2) is 3.82. The smallest absolute Gasteiger partial charge is 0.292 e. The first-order valence-electron chi connectivity index (χ1n) is 4.65. The highest BCUT2D eigenvalue weighted by Gasteiger charge is 2.26. The van der Waals surface area contributed by atoms with Gasteiger partial charge in [0.15, 0.2) is 5.78 Å². The SMILES string of the molecule is O=C1c2ccc(S(=O)(=O)F)cc2CCC1Cl. The van der Waals surface area contributed by atoms with E-state index in [2.05, 4.69) is 0 Å². The lowest BCUT2D eigenvalue weighted by molar-refractivity contribution is 0.0976. The van der Waals surface area contributed by atoms with E-state index in [9.17, 15) is 17.1 Å². The molecule has 6 heteroatoms. The molecule has 1 unspecified atom stereocenters. The molecule has 0 radical (unpaired) electrons. The molecule has 0 N–H and O–H groups in total. The minimum absolute atomic E-state index is 0.231. The summed E-state index contributed by atoms with van der Waals surface area (Å²) < 4.78 is 34.1. The number of fused-ring (bicyclic) bond motifs is 1. The molecule has 0 saturated carbocycles. The van der Waals surface area contributed by atoms with Crippen LogP contribution in [-0.4, -0.2) is 19.6 Å². The van der Waals surface area contributed by atoms with Crippen molar-refractivity contribution in [1.82, 2.24) is 0 Å². The summed E-state index contributed by atoms with van der Waals surface area (Å²) in [4.78, 5) is 11.2. The van der Waals surface area contributed by atoms with Crippen LogP contribution in [0.25, 0.3) is 0 Å². The van der Waals surface area contributed by atoms with Gasteiger partial charge < -0.3 is 0 Å². The summed E-state index contributed by atoms with van der Waals surface area (Å²) in [5.74, 6) is -0.231. The molecule has 1 aromatic carbocycles. The molecule has 0 spiro atoms. The number of rotatable bonds is 1. The van der Waals surface area contributed by atoms with Gasteiger partial charge in [-0.05, 0) is 36.6 Å². The highest BCUT2D eigenvalue weighted by atomic mass is 35.5. The van der Waals surface area contributed by atoms with E-state index in [4.69, 9.17) is 11.6 Å². The van der Waals surface area contributed by atoms with Gasteiger partial charge in [0.2, 0.25) is 0 Å². The van der Waals surface area contributed by atoms with Gasteiger partial charge in [-0.1, -0.05) is 0 Å². The van der Waals surface area contributed by atoms with E-state index in [1.165, 1.54) is 12.1 Å². The molecule has 16 heavy (non-hydrogen) atoms. The van der Waals surface area contributed by atoms with Crippen LogP contribution in [0, 0.1) is 0 Å². The molecule has 0 bridgehead atoms. The molecule has 1 aliphatic carbocycles. The molecule has 2 rings (SSSR count). The minimum Gasteiger partial charge on any atom is -0.292 e. The zero-order valence-corrected chi connectivity index (χ0v) is 9.68. The van der Waals surface area contributed by atoms with E-state index >= 15 is 0 Å². The van der Waals surface area contributed by atoms with Crippen molar-refractivity contribution in [2.24, 2.45) is 0 Å². The minimum atomic E-state index is -4.71. The van der Waals surface area contributed by atoms with Crippen LogP contribution in [0.2, 0.25) is 0 Å². The Kier molecular flexibility index (Phi) is 2.75. The fourth-order valence-corrected chi connectivity index (χ4v) is 2.49. The Balaban J connectivity index is 2.54. The molecule has 1 atom stereocenters. The quantitative estimate of drug-likeness (QED) is 0.575. The van der Waals surface area contributed by atoms with Crippen LogP contribution in [-0.2, 0) is 16.6 Å². The lowest BCUT2D eigenvalue weighted by Crippen LogP contribution is -2.22. The fourth-order valence-electron chi connectivity index (χ4n) is 1.75. The number of hydrogen-bond donors (Lipinski definition) is 0. The van der Waals surface area contributed by atoms with Gasteiger partial charge in [-0.2, -0.15) is 8.42 Å². The van der Waals surface area contributed by atoms with Crippen molar-refractivity contribution in [2.75, 3.05) is 0 Å². The van der Waals surface area contributed by atoms with Gasteiger partial charge in [-0.15, -0.1) is 15.5 Å². The molecule has 0 aromatic heterocycles. The van der Waals surface area contributed by atoms with Crippen molar-refractivity contribution >= 4 is 27.6 Å². The topological polar surface area (TPSA) is 51.2 Å². The Hall–Kier alpha value is -0.940. The van der Waals surface area contributed by atoms with E-state index in [0.29, 0.717) is 24.0 Å². The zero-order chi connectivity index (χ0) is 11.9. The Bertz CT molecular complexity index is 553. The summed E-state index contributed by atoms with van der Waals surface area (Å²) in [5.41, 5.74) is 0.930.